The Labute approximate surface area is 374 Å². The molecule has 64 heavy (non-hydrogen) atoms. The Kier molecular flexibility index (Phi) is 9.94. The highest BCUT2D eigenvalue weighted by molar-refractivity contribution is 6.37. The first kappa shape index (κ1) is 38.9. The molecular formula is C61H44O3. The first-order valence-corrected chi connectivity index (χ1v) is 21.9. The van der Waals surface area contributed by atoms with E-state index < -0.39 is 11.2 Å². The molecule has 0 saturated heterocycles. The van der Waals surface area contributed by atoms with Gasteiger partial charge in [0.2, 0.25) is 17.0 Å². The Bertz CT molecular complexity index is 3010. The predicted molar refractivity (Wildman–Crippen MR) is 256 cm³/mol. The summed E-state index contributed by atoms with van der Waals surface area (Å²) in [4.78, 5) is 16.5. The van der Waals surface area contributed by atoms with E-state index in [1.54, 1.807) is 0 Å². The Morgan fingerprint density at radius 3 is 1.17 bits per heavy atom. The normalized spacial score (nSPS) is 17.7. The maximum Gasteiger partial charge on any atom is 0.244 e. The minimum absolute atomic E-state index is 0.171. The number of Topliss-reactive ketones (excluding diaryl/α,β-unsaturated/α-hetero) is 1. The molecule has 0 spiro atoms. The lowest BCUT2D eigenvalue weighted by Crippen LogP contribution is -2.60. The zero-order valence-electron chi connectivity index (χ0n) is 35.1. The molecule has 11 rings (SSSR count). The molecule has 3 heteroatoms. The molecule has 0 N–H and O–H groups in total. The van der Waals surface area contributed by atoms with Crippen LogP contribution in [0.5, 0.6) is 11.5 Å². The molecule has 9 aromatic rings. The SMILES string of the molecule is O=C1C(c2ccccc2)=C(c2ccccc2)C2(c3ccccc3)Oc3c(cc(C(c4ccccc4)c4ccccc4)cc3C(c3ccccc3)c3ccccc3)OC12c1ccccc1. The van der Waals surface area contributed by atoms with E-state index in [-0.39, 0.29) is 17.6 Å². The number of ketones is 1. The maximum absolute atomic E-state index is 16.5. The summed E-state index contributed by atoms with van der Waals surface area (Å²) in [6.07, 6.45) is 0. The average Bonchev–Trinajstić information content (AvgIpc) is 3.61. The highest BCUT2D eigenvalue weighted by Crippen LogP contribution is 2.67. The van der Waals surface area contributed by atoms with E-state index in [2.05, 4.69) is 158 Å². The van der Waals surface area contributed by atoms with Crippen LogP contribution in [-0.2, 0) is 16.0 Å². The Hall–Kier alpha value is -8.01. The minimum Gasteiger partial charge on any atom is -0.468 e. The number of hydrogen-bond donors (Lipinski definition) is 0. The van der Waals surface area contributed by atoms with E-state index in [0.717, 1.165) is 55.6 Å². The quantitative estimate of drug-likeness (QED) is 0.129. The molecule has 0 bridgehead atoms. The standard InChI is InChI=1S/C61H44O3/c62-59-56(47-33-17-5-18-34-47)57(48-35-19-6-20-36-48)60(50-37-21-7-22-38-50)61(59,51-39-23-8-24-40-51)63-53-42-49(54(43-25-9-1-10-26-43)44-27-11-2-12-28-44)41-52(58(53)64-60)55(45-29-13-3-14-30-45)46-31-15-4-16-32-46/h1-42,54-55H. The number of fused-ring (bicyclic) bond motifs is 2. The molecule has 1 aliphatic heterocycles. The van der Waals surface area contributed by atoms with Gasteiger partial charge in [-0.3, -0.25) is 4.79 Å². The Morgan fingerprint density at radius 2 is 0.719 bits per heavy atom. The first-order valence-electron chi connectivity index (χ1n) is 21.9. The Balaban J connectivity index is 1.30. The highest BCUT2D eigenvalue weighted by atomic mass is 16.6. The van der Waals surface area contributed by atoms with Crippen LogP contribution in [0.1, 0.15) is 67.5 Å². The summed E-state index contributed by atoms with van der Waals surface area (Å²) in [7, 11) is 0. The molecule has 306 valence electrons. The number of benzene rings is 9. The first-order chi connectivity index (χ1) is 31.7. The molecule has 0 saturated carbocycles. The molecule has 1 aliphatic carbocycles. The van der Waals surface area contributed by atoms with Crippen molar-refractivity contribution in [2.75, 3.05) is 0 Å². The van der Waals surface area contributed by atoms with E-state index in [9.17, 15) is 0 Å². The maximum atomic E-state index is 16.5. The van der Waals surface area contributed by atoms with Crippen LogP contribution in [0.3, 0.4) is 0 Å². The zero-order valence-corrected chi connectivity index (χ0v) is 35.1. The van der Waals surface area contributed by atoms with Gasteiger partial charge in [0, 0.05) is 39.7 Å². The summed E-state index contributed by atoms with van der Waals surface area (Å²) in [5.74, 6) is 0.473. The second-order valence-electron chi connectivity index (χ2n) is 16.6. The van der Waals surface area contributed by atoms with Crippen molar-refractivity contribution in [2.45, 2.75) is 23.0 Å². The van der Waals surface area contributed by atoms with E-state index in [4.69, 9.17) is 9.47 Å². The van der Waals surface area contributed by atoms with E-state index >= 15 is 4.79 Å². The third kappa shape index (κ3) is 6.31. The lowest BCUT2D eigenvalue weighted by molar-refractivity contribution is -0.152. The van der Waals surface area contributed by atoms with Crippen LogP contribution in [0.25, 0.3) is 11.1 Å². The molecular weight excluding hydrogens is 781 g/mol. The van der Waals surface area contributed by atoms with Crippen molar-refractivity contribution in [3.05, 3.63) is 310 Å². The Morgan fingerprint density at radius 1 is 0.344 bits per heavy atom. The van der Waals surface area contributed by atoms with Gasteiger partial charge in [-0.2, -0.15) is 0 Å². The van der Waals surface area contributed by atoms with Crippen molar-refractivity contribution >= 4 is 16.9 Å². The fourth-order valence-electron chi connectivity index (χ4n) is 10.3. The van der Waals surface area contributed by atoms with Gasteiger partial charge >= 0.3 is 0 Å². The second kappa shape index (κ2) is 16.4. The molecule has 2 atom stereocenters. The van der Waals surface area contributed by atoms with E-state index in [1.807, 2.05) is 97.1 Å². The van der Waals surface area contributed by atoms with Gasteiger partial charge in [-0.25, -0.2) is 0 Å². The summed E-state index contributed by atoms with van der Waals surface area (Å²) in [6.45, 7) is 0. The van der Waals surface area contributed by atoms with Gasteiger partial charge in [-0.05, 0) is 51.1 Å². The molecule has 0 amide bonds. The van der Waals surface area contributed by atoms with Crippen molar-refractivity contribution in [3.8, 4) is 11.5 Å². The van der Waals surface area contributed by atoms with Crippen molar-refractivity contribution in [1.29, 1.82) is 0 Å². The predicted octanol–water partition coefficient (Wildman–Crippen LogP) is 13.8. The summed E-state index contributed by atoms with van der Waals surface area (Å²) in [5, 5.41) is 0. The van der Waals surface area contributed by atoms with Crippen molar-refractivity contribution in [1.82, 2.24) is 0 Å². The van der Waals surface area contributed by atoms with E-state index in [1.165, 1.54) is 0 Å². The van der Waals surface area contributed by atoms with Crippen LogP contribution >= 0.6 is 0 Å². The van der Waals surface area contributed by atoms with Gasteiger partial charge in [-0.15, -0.1) is 0 Å². The minimum atomic E-state index is -1.71. The van der Waals surface area contributed by atoms with Crippen LogP contribution in [0.4, 0.5) is 0 Å². The lowest BCUT2D eigenvalue weighted by atomic mass is 9.69. The second-order valence-corrected chi connectivity index (χ2v) is 16.6. The van der Waals surface area contributed by atoms with Crippen LogP contribution in [0.15, 0.2) is 255 Å². The van der Waals surface area contributed by atoms with Crippen molar-refractivity contribution < 1.29 is 14.3 Å². The van der Waals surface area contributed by atoms with Crippen molar-refractivity contribution in [2.24, 2.45) is 0 Å². The van der Waals surface area contributed by atoms with Gasteiger partial charge < -0.3 is 9.47 Å². The van der Waals surface area contributed by atoms with Crippen LogP contribution in [0.2, 0.25) is 0 Å². The number of carbonyl (C=O) groups excluding carboxylic acids is 1. The average molecular weight is 825 g/mol. The topological polar surface area (TPSA) is 35.5 Å². The van der Waals surface area contributed by atoms with Gasteiger partial charge in [-0.1, -0.05) is 243 Å². The molecule has 0 radical (unpaired) electrons. The molecule has 9 aromatic carbocycles. The molecule has 2 unspecified atom stereocenters. The smallest absolute Gasteiger partial charge is 0.244 e. The molecule has 0 fully saturated rings. The summed E-state index contributed by atoms with van der Waals surface area (Å²) in [5.41, 5.74) is 7.70. The van der Waals surface area contributed by atoms with Gasteiger partial charge in [0.1, 0.15) is 0 Å². The number of carbonyl (C=O) groups is 1. The molecule has 0 aromatic heterocycles. The van der Waals surface area contributed by atoms with Crippen molar-refractivity contribution in [3.63, 3.8) is 0 Å². The monoisotopic (exact) mass is 824 g/mol. The van der Waals surface area contributed by atoms with Crippen LogP contribution < -0.4 is 9.47 Å². The lowest BCUT2D eigenvalue weighted by Gasteiger charge is -2.50. The van der Waals surface area contributed by atoms with Crippen LogP contribution in [-0.4, -0.2) is 5.78 Å². The van der Waals surface area contributed by atoms with Gasteiger partial charge in [0.15, 0.2) is 11.5 Å². The number of ether oxygens (including phenoxy) is 2. The third-order valence-electron chi connectivity index (χ3n) is 12.9. The largest absolute Gasteiger partial charge is 0.468 e. The summed E-state index contributed by atoms with van der Waals surface area (Å²) < 4.78 is 16.1. The summed E-state index contributed by atoms with van der Waals surface area (Å²) in [6, 6.07) is 87.4. The van der Waals surface area contributed by atoms with E-state index in [0.29, 0.717) is 22.6 Å². The molecule has 1 heterocycles. The van der Waals surface area contributed by atoms with Crippen LogP contribution in [0, 0.1) is 0 Å². The number of rotatable bonds is 10. The molecule has 3 nitrogen and oxygen atoms in total. The summed E-state index contributed by atoms with van der Waals surface area (Å²) >= 11 is 0. The molecule has 2 aliphatic rings. The highest BCUT2D eigenvalue weighted by Gasteiger charge is 2.73. The number of hydrogen-bond acceptors (Lipinski definition) is 3. The fourth-order valence-corrected chi connectivity index (χ4v) is 10.3. The third-order valence-corrected chi connectivity index (χ3v) is 12.9. The van der Waals surface area contributed by atoms with Gasteiger partial charge in [0.05, 0.1) is 0 Å². The van der Waals surface area contributed by atoms with Gasteiger partial charge in [0.25, 0.3) is 0 Å². The zero-order chi connectivity index (χ0) is 42.9. The fraction of sp³-hybridized carbons (Fsp3) is 0.0656.